The molecule has 0 unspecified atom stereocenters. The number of hydrogen-bond acceptors (Lipinski definition) is 5. The van der Waals surface area contributed by atoms with Gasteiger partial charge in [0.05, 0.1) is 5.56 Å². The van der Waals surface area contributed by atoms with Crippen LogP contribution in [0.4, 0.5) is 4.39 Å². The lowest BCUT2D eigenvalue weighted by Gasteiger charge is -1.93. The first-order valence-electron chi connectivity index (χ1n) is 5.61. The Labute approximate surface area is 108 Å². The van der Waals surface area contributed by atoms with Crippen molar-refractivity contribution in [1.82, 2.24) is 20.1 Å². The average molecular weight is 256 g/mol. The van der Waals surface area contributed by atoms with Crippen LogP contribution in [0, 0.1) is 12.7 Å². The van der Waals surface area contributed by atoms with Gasteiger partial charge in [0, 0.05) is 18.0 Å². The first-order valence-corrected chi connectivity index (χ1v) is 5.61. The molecule has 0 saturated carbocycles. The molecule has 2 heterocycles. The predicted molar refractivity (Wildman–Crippen MR) is 65.5 cm³/mol. The predicted octanol–water partition coefficient (Wildman–Crippen LogP) is 2.64. The molecule has 0 N–H and O–H groups in total. The molecular formula is C13H9FN4O. The van der Waals surface area contributed by atoms with Crippen LogP contribution >= 0.6 is 0 Å². The van der Waals surface area contributed by atoms with Gasteiger partial charge in [-0.25, -0.2) is 14.4 Å². The van der Waals surface area contributed by atoms with Gasteiger partial charge in [-0.2, -0.15) is 4.98 Å². The highest BCUT2D eigenvalue weighted by molar-refractivity contribution is 5.58. The van der Waals surface area contributed by atoms with Crippen molar-refractivity contribution in [3.63, 3.8) is 0 Å². The van der Waals surface area contributed by atoms with Crippen LogP contribution in [0.25, 0.3) is 22.8 Å². The van der Waals surface area contributed by atoms with Crippen molar-refractivity contribution in [3.8, 4) is 22.8 Å². The monoisotopic (exact) mass is 256 g/mol. The van der Waals surface area contributed by atoms with Gasteiger partial charge in [-0.1, -0.05) is 5.16 Å². The van der Waals surface area contributed by atoms with Crippen molar-refractivity contribution in [2.45, 2.75) is 6.92 Å². The van der Waals surface area contributed by atoms with E-state index in [1.165, 1.54) is 12.1 Å². The molecule has 19 heavy (non-hydrogen) atoms. The smallest absolute Gasteiger partial charge is 0.261 e. The van der Waals surface area contributed by atoms with Crippen molar-refractivity contribution >= 4 is 0 Å². The minimum Gasteiger partial charge on any atom is -0.333 e. The van der Waals surface area contributed by atoms with Gasteiger partial charge in [0.2, 0.25) is 5.82 Å². The van der Waals surface area contributed by atoms with Gasteiger partial charge in [0.25, 0.3) is 5.89 Å². The largest absolute Gasteiger partial charge is 0.333 e. The van der Waals surface area contributed by atoms with E-state index in [9.17, 15) is 4.39 Å². The molecule has 0 amide bonds. The SMILES string of the molecule is Cc1ncc(-c2nc(-c3ccc(F)cc3)no2)cn1. The number of rotatable bonds is 2. The van der Waals surface area contributed by atoms with Gasteiger partial charge in [-0.15, -0.1) is 0 Å². The van der Waals surface area contributed by atoms with E-state index < -0.39 is 0 Å². The van der Waals surface area contributed by atoms with E-state index in [1.807, 2.05) is 0 Å². The van der Waals surface area contributed by atoms with E-state index in [4.69, 9.17) is 4.52 Å². The Morgan fingerprint density at radius 2 is 1.68 bits per heavy atom. The van der Waals surface area contributed by atoms with Crippen molar-refractivity contribution in [3.05, 3.63) is 48.3 Å². The van der Waals surface area contributed by atoms with Gasteiger partial charge >= 0.3 is 0 Å². The summed E-state index contributed by atoms with van der Waals surface area (Å²) >= 11 is 0. The third-order valence-electron chi connectivity index (χ3n) is 2.56. The Morgan fingerprint density at radius 1 is 1.00 bits per heavy atom. The second-order valence-corrected chi connectivity index (χ2v) is 3.95. The first-order chi connectivity index (χ1) is 9.22. The minimum atomic E-state index is -0.306. The van der Waals surface area contributed by atoms with Gasteiger partial charge in [0.1, 0.15) is 11.6 Å². The molecular weight excluding hydrogens is 247 g/mol. The summed E-state index contributed by atoms with van der Waals surface area (Å²) in [5.74, 6) is 1.09. The molecule has 0 atom stereocenters. The summed E-state index contributed by atoms with van der Waals surface area (Å²) in [4.78, 5) is 12.4. The molecule has 1 aromatic carbocycles. The fourth-order valence-corrected chi connectivity index (χ4v) is 1.56. The van der Waals surface area contributed by atoms with Gasteiger partial charge in [-0.3, -0.25) is 0 Å². The normalized spacial score (nSPS) is 10.6. The number of halogens is 1. The Balaban J connectivity index is 1.95. The van der Waals surface area contributed by atoms with E-state index in [2.05, 4.69) is 20.1 Å². The molecule has 0 radical (unpaired) electrons. The summed E-state index contributed by atoms with van der Waals surface area (Å²) in [6.07, 6.45) is 3.23. The maximum Gasteiger partial charge on any atom is 0.261 e. The minimum absolute atomic E-state index is 0.306. The highest BCUT2D eigenvalue weighted by Gasteiger charge is 2.11. The average Bonchev–Trinajstić information content (AvgIpc) is 2.90. The number of benzene rings is 1. The second-order valence-electron chi connectivity index (χ2n) is 3.95. The van der Waals surface area contributed by atoms with Crippen LogP contribution in [-0.4, -0.2) is 20.1 Å². The zero-order valence-corrected chi connectivity index (χ0v) is 10.0. The fraction of sp³-hybridized carbons (Fsp3) is 0.0769. The van der Waals surface area contributed by atoms with E-state index in [-0.39, 0.29) is 5.82 Å². The summed E-state index contributed by atoms with van der Waals surface area (Å²) in [5, 5.41) is 3.85. The third kappa shape index (κ3) is 2.33. The van der Waals surface area contributed by atoms with Crippen molar-refractivity contribution < 1.29 is 8.91 Å². The lowest BCUT2D eigenvalue weighted by molar-refractivity contribution is 0.432. The molecule has 0 saturated heterocycles. The van der Waals surface area contributed by atoms with E-state index in [0.717, 1.165) is 0 Å². The molecule has 0 spiro atoms. The van der Waals surface area contributed by atoms with E-state index >= 15 is 0 Å². The van der Waals surface area contributed by atoms with E-state index in [0.29, 0.717) is 28.7 Å². The quantitative estimate of drug-likeness (QED) is 0.705. The molecule has 3 aromatic rings. The Morgan fingerprint density at radius 3 is 2.37 bits per heavy atom. The topological polar surface area (TPSA) is 64.7 Å². The summed E-state index contributed by atoms with van der Waals surface area (Å²) in [6.45, 7) is 1.79. The summed E-state index contributed by atoms with van der Waals surface area (Å²) in [7, 11) is 0. The van der Waals surface area contributed by atoms with Crippen LogP contribution in [0.2, 0.25) is 0 Å². The highest BCUT2D eigenvalue weighted by atomic mass is 19.1. The highest BCUT2D eigenvalue weighted by Crippen LogP contribution is 2.21. The first kappa shape index (κ1) is 11.5. The van der Waals surface area contributed by atoms with Crippen LogP contribution in [0.1, 0.15) is 5.82 Å². The Kier molecular flexibility index (Phi) is 2.75. The number of hydrogen-bond donors (Lipinski definition) is 0. The number of nitrogens with zero attached hydrogens (tertiary/aromatic N) is 4. The second kappa shape index (κ2) is 4.56. The zero-order chi connectivity index (χ0) is 13.2. The standard InChI is InChI=1S/C13H9FN4O/c1-8-15-6-10(7-16-8)13-17-12(18-19-13)9-2-4-11(14)5-3-9/h2-7H,1H3. The van der Waals surface area contributed by atoms with Crippen LogP contribution in [-0.2, 0) is 0 Å². The molecule has 0 fully saturated rings. The maximum atomic E-state index is 12.8. The number of aryl methyl sites for hydroxylation is 1. The lowest BCUT2D eigenvalue weighted by atomic mass is 10.2. The lowest BCUT2D eigenvalue weighted by Crippen LogP contribution is -1.87. The molecule has 0 bridgehead atoms. The molecule has 6 heteroatoms. The van der Waals surface area contributed by atoms with Crippen LogP contribution in [0.15, 0.2) is 41.2 Å². The zero-order valence-electron chi connectivity index (χ0n) is 10.0. The van der Waals surface area contributed by atoms with Crippen LogP contribution in [0.5, 0.6) is 0 Å². The Hall–Kier alpha value is -2.63. The van der Waals surface area contributed by atoms with Crippen molar-refractivity contribution in [2.75, 3.05) is 0 Å². The fourth-order valence-electron chi connectivity index (χ4n) is 1.56. The summed E-state index contributed by atoms with van der Waals surface area (Å²) in [5.41, 5.74) is 1.33. The molecule has 0 aliphatic rings. The molecule has 2 aromatic heterocycles. The maximum absolute atomic E-state index is 12.8. The molecule has 5 nitrogen and oxygen atoms in total. The van der Waals surface area contributed by atoms with Gasteiger partial charge in [-0.05, 0) is 31.2 Å². The number of aromatic nitrogens is 4. The van der Waals surface area contributed by atoms with Crippen molar-refractivity contribution in [1.29, 1.82) is 0 Å². The van der Waals surface area contributed by atoms with Crippen molar-refractivity contribution in [2.24, 2.45) is 0 Å². The molecule has 0 aliphatic carbocycles. The summed E-state index contributed by atoms with van der Waals surface area (Å²) < 4.78 is 18.0. The molecule has 94 valence electrons. The molecule has 0 aliphatic heterocycles. The van der Waals surface area contributed by atoms with Gasteiger partial charge in [0.15, 0.2) is 0 Å². The molecule has 3 rings (SSSR count). The van der Waals surface area contributed by atoms with Crippen LogP contribution < -0.4 is 0 Å². The third-order valence-corrected chi connectivity index (χ3v) is 2.56. The van der Waals surface area contributed by atoms with E-state index in [1.54, 1.807) is 31.5 Å². The Bertz CT molecular complexity index is 631. The summed E-state index contributed by atoms with van der Waals surface area (Å²) in [6, 6.07) is 5.88. The van der Waals surface area contributed by atoms with Gasteiger partial charge < -0.3 is 4.52 Å². The van der Waals surface area contributed by atoms with Crippen LogP contribution in [0.3, 0.4) is 0 Å².